The molecule has 1 aromatic heterocycles. The molecule has 4 heteroatoms. The highest BCUT2D eigenvalue weighted by atomic mass is 15.5. The Kier molecular flexibility index (Phi) is 3.15. The molecule has 0 spiro atoms. The van der Waals surface area contributed by atoms with Gasteiger partial charge in [0.15, 0.2) is 5.82 Å². The summed E-state index contributed by atoms with van der Waals surface area (Å²) in [6.07, 6.45) is 5.93. The average molecular weight is 306 g/mol. The first-order chi connectivity index (χ1) is 11.1. The fraction of sp³-hybridized carbons (Fsp3) is 0.368. The molecule has 118 valence electrons. The standard InChI is InChI=1S/C19H22N4/c1-5-14-13(4)19-22(12(2)3)18-17(10-20-11-21-18)23(19)16-9-7-6-8-15(14)16/h5-14,19H,1H2,2-4H3. The molecular formula is C19H22N4. The lowest BCUT2D eigenvalue weighted by Gasteiger charge is -2.46. The van der Waals surface area contributed by atoms with Crippen LogP contribution in [0.3, 0.4) is 0 Å². The molecule has 4 nitrogen and oxygen atoms in total. The third kappa shape index (κ3) is 1.84. The molecule has 3 atom stereocenters. The summed E-state index contributed by atoms with van der Waals surface area (Å²) < 4.78 is 0. The Balaban J connectivity index is 1.98. The largest absolute Gasteiger partial charge is 0.331 e. The highest BCUT2D eigenvalue weighted by molar-refractivity contribution is 5.83. The van der Waals surface area contributed by atoms with Gasteiger partial charge in [0.25, 0.3) is 0 Å². The van der Waals surface area contributed by atoms with Gasteiger partial charge in [-0.1, -0.05) is 31.2 Å². The summed E-state index contributed by atoms with van der Waals surface area (Å²) >= 11 is 0. The Morgan fingerprint density at radius 1 is 1.22 bits per heavy atom. The molecule has 2 aliphatic rings. The van der Waals surface area contributed by atoms with E-state index in [4.69, 9.17) is 0 Å². The fourth-order valence-corrected chi connectivity index (χ4v) is 4.19. The second kappa shape index (κ2) is 5.08. The second-order valence-electron chi connectivity index (χ2n) is 6.70. The number of fused-ring (bicyclic) bond motifs is 5. The van der Waals surface area contributed by atoms with E-state index < -0.39 is 0 Å². The van der Waals surface area contributed by atoms with Crippen LogP contribution in [0, 0.1) is 5.92 Å². The van der Waals surface area contributed by atoms with Crippen LogP contribution >= 0.6 is 0 Å². The topological polar surface area (TPSA) is 32.3 Å². The minimum Gasteiger partial charge on any atom is -0.331 e. The smallest absolute Gasteiger partial charge is 0.157 e. The van der Waals surface area contributed by atoms with Crippen LogP contribution in [0.4, 0.5) is 17.2 Å². The van der Waals surface area contributed by atoms with Gasteiger partial charge in [-0.3, -0.25) is 0 Å². The van der Waals surface area contributed by atoms with Crippen molar-refractivity contribution in [1.29, 1.82) is 0 Å². The first-order valence-corrected chi connectivity index (χ1v) is 8.24. The Bertz CT molecular complexity index is 755. The van der Waals surface area contributed by atoms with Gasteiger partial charge >= 0.3 is 0 Å². The normalized spacial score (nSPS) is 25.1. The maximum atomic E-state index is 4.59. The lowest BCUT2D eigenvalue weighted by molar-refractivity contribution is 0.376. The predicted octanol–water partition coefficient (Wildman–Crippen LogP) is 4.09. The number of rotatable bonds is 2. The maximum Gasteiger partial charge on any atom is 0.157 e. The first-order valence-electron chi connectivity index (χ1n) is 8.24. The van der Waals surface area contributed by atoms with Gasteiger partial charge in [-0.2, -0.15) is 0 Å². The summed E-state index contributed by atoms with van der Waals surface area (Å²) in [4.78, 5) is 13.7. The number of nitrogens with zero attached hydrogens (tertiary/aromatic N) is 4. The van der Waals surface area contributed by atoms with Gasteiger partial charge in [-0.15, -0.1) is 6.58 Å². The van der Waals surface area contributed by atoms with Crippen LogP contribution in [0.15, 0.2) is 49.4 Å². The zero-order chi connectivity index (χ0) is 16.1. The van der Waals surface area contributed by atoms with Crippen molar-refractivity contribution in [2.45, 2.75) is 38.9 Å². The summed E-state index contributed by atoms with van der Waals surface area (Å²) in [5.74, 6) is 1.79. The number of para-hydroxylation sites is 1. The molecule has 0 N–H and O–H groups in total. The molecule has 0 amide bonds. The Labute approximate surface area is 137 Å². The Morgan fingerprint density at radius 2 is 2.00 bits per heavy atom. The summed E-state index contributed by atoms with van der Waals surface area (Å²) in [5, 5.41) is 0. The zero-order valence-electron chi connectivity index (χ0n) is 13.8. The summed E-state index contributed by atoms with van der Waals surface area (Å²) in [5.41, 5.74) is 3.69. The molecule has 4 rings (SSSR count). The van der Waals surface area contributed by atoms with Gasteiger partial charge in [-0.05, 0) is 25.5 Å². The molecule has 3 unspecified atom stereocenters. The molecule has 0 saturated carbocycles. The van der Waals surface area contributed by atoms with E-state index in [1.165, 1.54) is 11.3 Å². The summed E-state index contributed by atoms with van der Waals surface area (Å²) in [7, 11) is 0. The fourth-order valence-electron chi connectivity index (χ4n) is 4.19. The van der Waals surface area contributed by atoms with Crippen LogP contribution in [0.5, 0.6) is 0 Å². The van der Waals surface area contributed by atoms with Crippen LogP contribution in [0.25, 0.3) is 0 Å². The number of allylic oxidation sites excluding steroid dienone is 1. The van der Waals surface area contributed by atoms with Gasteiger partial charge in [0.05, 0.1) is 6.20 Å². The predicted molar refractivity (Wildman–Crippen MR) is 94.1 cm³/mol. The monoisotopic (exact) mass is 306 g/mol. The number of benzene rings is 1. The van der Waals surface area contributed by atoms with E-state index in [2.05, 4.69) is 77.5 Å². The Morgan fingerprint density at radius 3 is 2.74 bits per heavy atom. The van der Waals surface area contributed by atoms with Crippen molar-refractivity contribution in [3.8, 4) is 0 Å². The molecule has 0 radical (unpaired) electrons. The van der Waals surface area contributed by atoms with Crippen molar-refractivity contribution in [2.24, 2.45) is 5.92 Å². The minimum atomic E-state index is 0.250. The van der Waals surface area contributed by atoms with Crippen molar-refractivity contribution in [1.82, 2.24) is 9.97 Å². The van der Waals surface area contributed by atoms with E-state index in [0.717, 1.165) is 11.5 Å². The molecular weight excluding hydrogens is 284 g/mol. The van der Waals surface area contributed by atoms with Crippen LogP contribution in [-0.4, -0.2) is 22.2 Å². The molecule has 3 heterocycles. The van der Waals surface area contributed by atoms with Crippen molar-refractivity contribution < 1.29 is 0 Å². The van der Waals surface area contributed by atoms with Crippen molar-refractivity contribution in [3.63, 3.8) is 0 Å². The average Bonchev–Trinajstić information content (AvgIpc) is 2.91. The van der Waals surface area contributed by atoms with Crippen LogP contribution < -0.4 is 9.80 Å². The SMILES string of the molecule is C=CC1c2ccccc2N2c3cncnc3N(C(C)C)C2C1C. The molecule has 1 aromatic carbocycles. The van der Waals surface area contributed by atoms with Gasteiger partial charge in [-0.25, -0.2) is 9.97 Å². The van der Waals surface area contributed by atoms with Crippen molar-refractivity contribution in [2.75, 3.05) is 9.80 Å². The third-order valence-electron chi connectivity index (χ3n) is 5.13. The van der Waals surface area contributed by atoms with E-state index in [0.29, 0.717) is 17.9 Å². The van der Waals surface area contributed by atoms with E-state index >= 15 is 0 Å². The van der Waals surface area contributed by atoms with E-state index in [1.807, 2.05) is 6.20 Å². The highest BCUT2D eigenvalue weighted by Gasteiger charge is 2.48. The van der Waals surface area contributed by atoms with E-state index in [9.17, 15) is 0 Å². The lowest BCUT2D eigenvalue weighted by atomic mass is 9.80. The molecule has 0 fully saturated rings. The minimum absolute atomic E-state index is 0.250. The summed E-state index contributed by atoms with van der Waals surface area (Å²) in [6.45, 7) is 10.9. The lowest BCUT2D eigenvalue weighted by Crippen LogP contribution is -2.52. The Hall–Kier alpha value is -2.36. The molecule has 0 saturated heterocycles. The molecule has 23 heavy (non-hydrogen) atoms. The molecule has 0 aliphatic carbocycles. The number of aromatic nitrogens is 2. The van der Waals surface area contributed by atoms with E-state index in [1.54, 1.807) is 6.33 Å². The second-order valence-corrected chi connectivity index (χ2v) is 6.70. The van der Waals surface area contributed by atoms with E-state index in [-0.39, 0.29) is 6.17 Å². The maximum absolute atomic E-state index is 4.59. The van der Waals surface area contributed by atoms with Gasteiger partial charge in [0.2, 0.25) is 0 Å². The van der Waals surface area contributed by atoms with Crippen LogP contribution in [0.2, 0.25) is 0 Å². The molecule has 0 bridgehead atoms. The zero-order valence-corrected chi connectivity index (χ0v) is 13.8. The number of hydrogen-bond donors (Lipinski definition) is 0. The quantitative estimate of drug-likeness (QED) is 0.782. The highest BCUT2D eigenvalue weighted by Crippen LogP contribution is 2.53. The molecule has 2 aromatic rings. The van der Waals surface area contributed by atoms with Gasteiger partial charge in [0.1, 0.15) is 18.2 Å². The van der Waals surface area contributed by atoms with Gasteiger partial charge in [0, 0.05) is 23.6 Å². The third-order valence-corrected chi connectivity index (χ3v) is 5.13. The summed E-state index contributed by atoms with van der Waals surface area (Å²) in [6, 6.07) is 9.01. The van der Waals surface area contributed by atoms with Crippen molar-refractivity contribution >= 4 is 17.2 Å². The van der Waals surface area contributed by atoms with Gasteiger partial charge < -0.3 is 9.80 Å². The number of hydrogen-bond acceptors (Lipinski definition) is 4. The van der Waals surface area contributed by atoms with Crippen molar-refractivity contribution in [3.05, 3.63) is 55.0 Å². The van der Waals surface area contributed by atoms with Crippen LogP contribution in [0.1, 0.15) is 32.3 Å². The van der Waals surface area contributed by atoms with Crippen LogP contribution in [-0.2, 0) is 0 Å². The molecule has 2 aliphatic heterocycles. The number of anilines is 3. The first kappa shape index (κ1) is 14.2.